The predicted octanol–water partition coefficient (Wildman–Crippen LogP) is 1.93. The number of amides is 2. The third-order valence-corrected chi connectivity index (χ3v) is 4.75. The molecule has 2 fully saturated rings. The summed E-state index contributed by atoms with van der Waals surface area (Å²) in [7, 11) is 3.60. The number of rotatable bonds is 1. The first-order chi connectivity index (χ1) is 13.5. The summed E-state index contributed by atoms with van der Waals surface area (Å²) in [6.07, 6.45) is -2.23. The highest BCUT2D eigenvalue weighted by Crippen LogP contribution is 2.35. The Bertz CT molecular complexity index is 702. The molecule has 3 heterocycles. The van der Waals surface area contributed by atoms with E-state index in [2.05, 4.69) is 9.88 Å². The highest BCUT2D eigenvalue weighted by Gasteiger charge is 2.42. The first-order valence-electron chi connectivity index (χ1n) is 9.04. The van der Waals surface area contributed by atoms with Gasteiger partial charge in [-0.1, -0.05) is 6.07 Å². The maximum absolute atomic E-state index is 12.3. The van der Waals surface area contributed by atoms with Crippen molar-refractivity contribution in [2.45, 2.75) is 12.6 Å². The van der Waals surface area contributed by atoms with Crippen LogP contribution in [0.15, 0.2) is 24.4 Å². The van der Waals surface area contributed by atoms with Gasteiger partial charge in [-0.15, -0.1) is 0 Å². The first kappa shape index (κ1) is 22.7. The second kappa shape index (κ2) is 9.29. The van der Waals surface area contributed by atoms with E-state index in [0.717, 1.165) is 31.9 Å². The summed E-state index contributed by atoms with van der Waals surface area (Å²) in [5.74, 6) is -1.75. The summed E-state index contributed by atoms with van der Waals surface area (Å²) in [5, 5.41) is 7.12. The van der Waals surface area contributed by atoms with E-state index >= 15 is 0 Å². The van der Waals surface area contributed by atoms with Gasteiger partial charge in [-0.25, -0.2) is 14.6 Å². The Hall–Kier alpha value is -2.56. The summed E-state index contributed by atoms with van der Waals surface area (Å²) in [6, 6.07) is 6.06. The Morgan fingerprint density at radius 1 is 1.24 bits per heavy atom. The molecule has 0 bridgehead atoms. The fraction of sp³-hybridized carbons (Fsp3) is 0.611. The van der Waals surface area contributed by atoms with Crippen LogP contribution in [0.25, 0.3) is 0 Å². The number of carboxylic acids is 1. The fourth-order valence-corrected chi connectivity index (χ4v) is 3.36. The molecule has 2 amide bonds. The van der Waals surface area contributed by atoms with Gasteiger partial charge in [0.1, 0.15) is 5.82 Å². The Kier molecular flexibility index (Phi) is 7.28. The van der Waals surface area contributed by atoms with Crippen molar-refractivity contribution < 1.29 is 32.6 Å². The number of hydrogen-bond donors (Lipinski definition) is 1. The van der Waals surface area contributed by atoms with E-state index < -0.39 is 12.1 Å². The van der Waals surface area contributed by atoms with E-state index in [0.29, 0.717) is 19.8 Å². The van der Waals surface area contributed by atoms with Gasteiger partial charge in [0, 0.05) is 51.9 Å². The van der Waals surface area contributed by atoms with Crippen LogP contribution in [0, 0.1) is 5.41 Å². The lowest BCUT2D eigenvalue weighted by Gasteiger charge is -2.33. The quantitative estimate of drug-likeness (QED) is 0.750. The van der Waals surface area contributed by atoms with Gasteiger partial charge in [-0.05, 0) is 18.6 Å². The second-order valence-electron chi connectivity index (χ2n) is 7.31. The Balaban J connectivity index is 0.000000370. The maximum atomic E-state index is 12.3. The SMILES string of the molecule is CN(C)C(=O)N1CCOCC2(CCN(c3ccccn3)C2)C1.O=C(O)C(F)(F)F. The molecule has 0 saturated carbocycles. The van der Waals surface area contributed by atoms with E-state index in [4.69, 9.17) is 14.6 Å². The van der Waals surface area contributed by atoms with Crippen molar-refractivity contribution >= 4 is 17.8 Å². The molecule has 1 atom stereocenters. The monoisotopic (exact) mass is 418 g/mol. The molecular weight excluding hydrogens is 393 g/mol. The maximum Gasteiger partial charge on any atom is 0.490 e. The van der Waals surface area contributed by atoms with Crippen molar-refractivity contribution in [3.05, 3.63) is 24.4 Å². The molecule has 3 rings (SSSR count). The molecule has 0 aromatic carbocycles. The van der Waals surface area contributed by atoms with Crippen LogP contribution in [-0.4, -0.2) is 91.6 Å². The number of carbonyl (C=O) groups excluding carboxylic acids is 1. The molecular formula is C18H25F3N4O4. The topological polar surface area (TPSA) is 86.2 Å². The Morgan fingerprint density at radius 2 is 1.93 bits per heavy atom. The van der Waals surface area contributed by atoms with Gasteiger partial charge in [0.15, 0.2) is 0 Å². The van der Waals surface area contributed by atoms with Gasteiger partial charge >= 0.3 is 18.2 Å². The average molecular weight is 418 g/mol. The molecule has 2 aliphatic rings. The third-order valence-electron chi connectivity index (χ3n) is 4.75. The molecule has 162 valence electrons. The zero-order chi connectivity index (χ0) is 21.7. The minimum atomic E-state index is -5.08. The van der Waals surface area contributed by atoms with E-state index in [1.54, 1.807) is 19.0 Å². The van der Waals surface area contributed by atoms with Crippen molar-refractivity contribution in [2.24, 2.45) is 5.41 Å². The number of alkyl halides is 3. The number of anilines is 1. The van der Waals surface area contributed by atoms with Crippen LogP contribution in [0.1, 0.15) is 6.42 Å². The number of hydrogen-bond acceptors (Lipinski definition) is 5. The minimum Gasteiger partial charge on any atom is -0.475 e. The fourth-order valence-electron chi connectivity index (χ4n) is 3.36. The second-order valence-corrected chi connectivity index (χ2v) is 7.31. The van der Waals surface area contributed by atoms with Gasteiger partial charge in [0.2, 0.25) is 0 Å². The van der Waals surface area contributed by atoms with Gasteiger partial charge in [0.05, 0.1) is 13.2 Å². The standard InChI is InChI=1S/C16H24N4O2.C2HF3O2/c1-18(2)15(21)20-9-10-22-13-16(12-20)6-8-19(11-16)14-5-3-4-7-17-14;3-2(4,5)1(6)7/h3-5,7H,6,8-13H2,1-2H3;(H,6,7). The van der Waals surface area contributed by atoms with E-state index in [1.165, 1.54) is 0 Å². The van der Waals surface area contributed by atoms with Crippen molar-refractivity contribution in [2.75, 3.05) is 58.4 Å². The smallest absolute Gasteiger partial charge is 0.475 e. The highest BCUT2D eigenvalue weighted by molar-refractivity contribution is 5.74. The number of urea groups is 1. The summed E-state index contributed by atoms with van der Waals surface area (Å²) in [5.41, 5.74) is 0.0136. The summed E-state index contributed by atoms with van der Waals surface area (Å²) < 4.78 is 37.6. The number of aliphatic carboxylic acids is 1. The lowest BCUT2D eigenvalue weighted by Crippen LogP contribution is -2.46. The molecule has 1 N–H and O–H groups in total. The Morgan fingerprint density at radius 3 is 2.48 bits per heavy atom. The predicted molar refractivity (Wildman–Crippen MR) is 98.7 cm³/mol. The molecule has 8 nitrogen and oxygen atoms in total. The number of nitrogens with zero attached hydrogens (tertiary/aromatic N) is 4. The molecule has 1 aromatic heterocycles. The zero-order valence-electron chi connectivity index (χ0n) is 16.4. The average Bonchev–Trinajstić information content (AvgIpc) is 2.96. The van der Waals surface area contributed by atoms with Crippen LogP contribution in [-0.2, 0) is 9.53 Å². The lowest BCUT2D eigenvalue weighted by atomic mass is 9.87. The van der Waals surface area contributed by atoms with Gasteiger partial charge in [-0.2, -0.15) is 13.2 Å². The van der Waals surface area contributed by atoms with Crippen molar-refractivity contribution in [3.8, 4) is 0 Å². The van der Waals surface area contributed by atoms with Gasteiger partial charge < -0.3 is 24.5 Å². The largest absolute Gasteiger partial charge is 0.490 e. The number of ether oxygens (including phenoxy) is 1. The molecule has 11 heteroatoms. The van der Waals surface area contributed by atoms with Crippen molar-refractivity contribution in [1.82, 2.24) is 14.8 Å². The molecule has 1 aromatic rings. The number of pyridine rings is 1. The minimum absolute atomic E-state index is 0.0136. The van der Waals surface area contributed by atoms with Gasteiger partial charge in [0.25, 0.3) is 0 Å². The van der Waals surface area contributed by atoms with Gasteiger partial charge in [-0.3, -0.25) is 0 Å². The normalized spacial score (nSPS) is 22.0. The molecule has 1 unspecified atom stereocenters. The summed E-state index contributed by atoms with van der Waals surface area (Å²) in [4.78, 5) is 31.5. The lowest BCUT2D eigenvalue weighted by molar-refractivity contribution is -0.192. The molecule has 1 spiro atoms. The summed E-state index contributed by atoms with van der Waals surface area (Å²) >= 11 is 0. The number of halogens is 3. The zero-order valence-corrected chi connectivity index (χ0v) is 16.4. The van der Waals surface area contributed by atoms with Crippen LogP contribution in [0.2, 0.25) is 0 Å². The molecule has 2 aliphatic heterocycles. The van der Waals surface area contributed by atoms with Crippen LogP contribution in [0.4, 0.5) is 23.8 Å². The van der Waals surface area contributed by atoms with E-state index in [1.807, 2.05) is 29.3 Å². The van der Waals surface area contributed by atoms with Crippen LogP contribution in [0.5, 0.6) is 0 Å². The molecule has 0 radical (unpaired) electrons. The number of carboxylic acid groups (broad SMARTS) is 1. The van der Waals surface area contributed by atoms with Crippen molar-refractivity contribution in [3.63, 3.8) is 0 Å². The van der Waals surface area contributed by atoms with Crippen LogP contribution in [0.3, 0.4) is 0 Å². The first-order valence-corrected chi connectivity index (χ1v) is 9.04. The highest BCUT2D eigenvalue weighted by atomic mass is 19.4. The summed E-state index contributed by atoms with van der Waals surface area (Å²) in [6.45, 7) is 4.61. The molecule has 2 saturated heterocycles. The van der Waals surface area contributed by atoms with E-state index in [9.17, 15) is 18.0 Å². The van der Waals surface area contributed by atoms with E-state index in [-0.39, 0.29) is 11.4 Å². The third kappa shape index (κ3) is 6.21. The number of aromatic nitrogens is 1. The molecule has 0 aliphatic carbocycles. The molecule has 29 heavy (non-hydrogen) atoms. The van der Waals surface area contributed by atoms with Crippen molar-refractivity contribution in [1.29, 1.82) is 0 Å². The van der Waals surface area contributed by atoms with Crippen LogP contribution >= 0.6 is 0 Å². The number of carbonyl (C=O) groups is 2. The van der Waals surface area contributed by atoms with Crippen LogP contribution < -0.4 is 4.90 Å². The Labute approximate surface area is 166 Å².